The SMILES string of the molecule is C/C(=C\C(=O)N[C@H]1CCc2cccc3c2N(C1=O)[C@H](C(=O)NCCNC(N)=O)C3)c1ccc(OP(=O)(O)O)cc1. The Balaban J connectivity index is 1.47. The molecule has 2 aromatic rings. The van der Waals surface area contributed by atoms with Crippen molar-refractivity contribution in [3.8, 4) is 5.75 Å². The molecule has 2 aromatic carbocycles. The number of phosphoric ester groups is 1. The highest BCUT2D eigenvalue weighted by molar-refractivity contribution is 7.46. The van der Waals surface area contributed by atoms with Crippen LogP contribution >= 0.6 is 7.82 Å². The normalized spacial score (nSPS) is 18.4. The molecule has 0 aromatic heterocycles. The van der Waals surface area contributed by atoms with Gasteiger partial charge in [0, 0.05) is 25.6 Å². The predicted octanol–water partition coefficient (Wildman–Crippen LogP) is 0.735. The summed E-state index contributed by atoms with van der Waals surface area (Å²) in [6.07, 6.45) is 2.52. The predicted molar refractivity (Wildman–Crippen MR) is 145 cm³/mol. The summed E-state index contributed by atoms with van der Waals surface area (Å²) in [5, 5.41) is 7.89. The molecule has 13 nitrogen and oxygen atoms in total. The zero-order valence-electron chi connectivity index (χ0n) is 21.6. The minimum Gasteiger partial charge on any atom is -0.404 e. The number of nitrogens with zero attached hydrogens (tertiary/aromatic N) is 1. The molecule has 7 N–H and O–H groups in total. The second-order valence-electron chi connectivity index (χ2n) is 9.47. The van der Waals surface area contributed by atoms with E-state index in [2.05, 4.69) is 20.5 Å². The van der Waals surface area contributed by atoms with Crippen LogP contribution in [-0.2, 0) is 31.8 Å². The van der Waals surface area contributed by atoms with E-state index >= 15 is 0 Å². The van der Waals surface area contributed by atoms with Crippen LogP contribution in [0.3, 0.4) is 0 Å². The van der Waals surface area contributed by atoms with Gasteiger partial charge in [-0.3, -0.25) is 29.1 Å². The summed E-state index contributed by atoms with van der Waals surface area (Å²) in [7, 11) is -4.69. The van der Waals surface area contributed by atoms with Gasteiger partial charge in [0.1, 0.15) is 17.8 Å². The largest absolute Gasteiger partial charge is 0.524 e. The molecular formula is C26H30N5O8P. The van der Waals surface area contributed by atoms with Gasteiger partial charge in [-0.1, -0.05) is 30.3 Å². The molecule has 0 aliphatic carbocycles. The quantitative estimate of drug-likeness (QED) is 0.144. The summed E-state index contributed by atoms with van der Waals surface area (Å²) in [4.78, 5) is 69.9. The van der Waals surface area contributed by atoms with Gasteiger partial charge in [-0.05, 0) is 54.2 Å². The molecule has 0 saturated carbocycles. The molecule has 40 heavy (non-hydrogen) atoms. The first-order chi connectivity index (χ1) is 18.9. The van der Waals surface area contributed by atoms with Crippen molar-refractivity contribution in [1.82, 2.24) is 16.0 Å². The third kappa shape index (κ3) is 6.87. The summed E-state index contributed by atoms with van der Waals surface area (Å²) >= 11 is 0. The molecular weight excluding hydrogens is 541 g/mol. The highest BCUT2D eigenvalue weighted by Gasteiger charge is 2.43. The second-order valence-corrected chi connectivity index (χ2v) is 10.6. The van der Waals surface area contributed by atoms with Crippen LogP contribution in [-0.4, -0.2) is 58.7 Å². The van der Waals surface area contributed by atoms with Gasteiger partial charge >= 0.3 is 13.9 Å². The van der Waals surface area contributed by atoms with E-state index in [1.165, 1.54) is 23.1 Å². The number of nitrogens with two attached hydrogens (primary N) is 1. The number of anilines is 1. The fraction of sp³-hybridized carbons (Fsp3) is 0.308. The van der Waals surface area contributed by atoms with E-state index in [1.54, 1.807) is 19.1 Å². The molecule has 14 heteroatoms. The minimum absolute atomic E-state index is 0.0225. The third-order valence-corrected chi connectivity index (χ3v) is 7.08. The van der Waals surface area contributed by atoms with E-state index in [0.717, 1.165) is 11.1 Å². The number of nitrogens with one attached hydrogen (secondary N) is 3. The monoisotopic (exact) mass is 571 g/mol. The Morgan fingerprint density at radius 1 is 1.10 bits per heavy atom. The number of carbonyl (C=O) groups excluding carboxylic acids is 4. The molecule has 5 amide bonds. The number of phosphoric acid groups is 1. The topological polar surface area (TPSA) is 200 Å². The number of hydrogen-bond donors (Lipinski definition) is 6. The highest BCUT2D eigenvalue weighted by atomic mass is 31.2. The Hall–Kier alpha value is -4.19. The van der Waals surface area contributed by atoms with Crippen molar-refractivity contribution in [3.63, 3.8) is 0 Å². The lowest BCUT2D eigenvalue weighted by Crippen LogP contribution is -2.54. The number of primary amides is 1. The van der Waals surface area contributed by atoms with E-state index in [9.17, 15) is 23.7 Å². The smallest absolute Gasteiger partial charge is 0.404 e. The third-order valence-electron chi connectivity index (χ3n) is 6.63. The molecule has 2 aliphatic rings. The average Bonchev–Trinajstić information content (AvgIpc) is 3.22. The summed E-state index contributed by atoms with van der Waals surface area (Å²) in [5.74, 6) is -1.30. The standard InChI is InChI=1S/C26H30N5O8P/c1-15(16-5-8-19(9-6-16)39-40(36,37)38)13-22(32)30-20-10-7-17-3-2-4-18-14-21(31(23(17)18)25(20)34)24(33)28-11-12-29-26(27)35/h2-6,8-9,13,20-21H,7,10-12,14H2,1H3,(H,28,33)(H,30,32)(H3,27,29,35)(H2,36,37,38)/b15-13+/t20-,21-/m0/s1. The molecule has 2 aliphatic heterocycles. The second kappa shape index (κ2) is 11.9. The van der Waals surface area contributed by atoms with Gasteiger partial charge in [-0.2, -0.15) is 0 Å². The van der Waals surface area contributed by atoms with Gasteiger partial charge in [0.05, 0.1) is 5.69 Å². The van der Waals surface area contributed by atoms with E-state index in [0.29, 0.717) is 36.1 Å². The van der Waals surface area contributed by atoms with E-state index in [4.69, 9.17) is 15.5 Å². The lowest BCUT2D eigenvalue weighted by Gasteiger charge is -2.27. The average molecular weight is 572 g/mol. The Kier molecular flexibility index (Phi) is 8.58. The lowest BCUT2D eigenvalue weighted by molar-refractivity contribution is -0.128. The van der Waals surface area contributed by atoms with Crippen LogP contribution in [0.1, 0.15) is 30.0 Å². The van der Waals surface area contributed by atoms with Gasteiger partial charge in [0.25, 0.3) is 0 Å². The number of aryl methyl sites for hydroxylation is 1. The van der Waals surface area contributed by atoms with E-state index in [1.807, 2.05) is 18.2 Å². The van der Waals surface area contributed by atoms with Crippen molar-refractivity contribution in [2.75, 3.05) is 18.0 Å². The molecule has 0 fully saturated rings. The first-order valence-electron chi connectivity index (χ1n) is 12.5. The minimum atomic E-state index is -4.69. The van der Waals surface area contributed by atoms with Crippen molar-refractivity contribution in [2.24, 2.45) is 5.73 Å². The van der Waals surface area contributed by atoms with Gasteiger partial charge in [0.2, 0.25) is 17.7 Å². The number of carbonyl (C=O) groups is 4. The molecule has 0 spiro atoms. The van der Waals surface area contributed by atoms with Crippen LogP contribution in [0.2, 0.25) is 0 Å². The molecule has 0 bridgehead atoms. The lowest BCUT2D eigenvalue weighted by atomic mass is 10.0. The molecule has 2 atom stereocenters. The fourth-order valence-corrected chi connectivity index (χ4v) is 5.27. The number of rotatable bonds is 9. The van der Waals surface area contributed by atoms with Crippen LogP contribution in [0.25, 0.3) is 5.57 Å². The summed E-state index contributed by atoms with van der Waals surface area (Å²) in [5.41, 5.74) is 8.70. The van der Waals surface area contributed by atoms with Crippen LogP contribution in [0.5, 0.6) is 5.75 Å². The molecule has 4 rings (SSSR count). The summed E-state index contributed by atoms with van der Waals surface area (Å²) in [6, 6.07) is 9.12. The van der Waals surface area contributed by atoms with E-state index in [-0.39, 0.29) is 24.7 Å². The number of allylic oxidation sites excluding steroid dienone is 1. The van der Waals surface area contributed by atoms with Gasteiger partial charge in [-0.15, -0.1) is 0 Å². The molecule has 0 radical (unpaired) electrons. The van der Waals surface area contributed by atoms with Gasteiger partial charge in [0.15, 0.2) is 0 Å². The Morgan fingerprint density at radius 3 is 2.45 bits per heavy atom. The van der Waals surface area contributed by atoms with Crippen LogP contribution in [0, 0.1) is 0 Å². The number of hydrogen-bond acceptors (Lipinski definition) is 6. The van der Waals surface area contributed by atoms with Crippen molar-refractivity contribution in [3.05, 3.63) is 65.2 Å². The van der Waals surface area contributed by atoms with Crippen molar-refractivity contribution in [1.29, 1.82) is 0 Å². The Bertz CT molecular complexity index is 1400. The number of urea groups is 1. The number of para-hydroxylation sites is 1. The number of amides is 5. The first kappa shape index (κ1) is 28.8. The van der Waals surface area contributed by atoms with Crippen LogP contribution in [0.15, 0.2) is 48.5 Å². The van der Waals surface area contributed by atoms with Crippen LogP contribution in [0.4, 0.5) is 10.5 Å². The maximum atomic E-state index is 13.7. The highest BCUT2D eigenvalue weighted by Crippen LogP contribution is 2.39. The maximum Gasteiger partial charge on any atom is 0.524 e. The summed E-state index contributed by atoms with van der Waals surface area (Å²) < 4.78 is 15.5. The van der Waals surface area contributed by atoms with Crippen molar-refractivity contribution < 1.29 is 38.1 Å². The molecule has 0 saturated heterocycles. The fourth-order valence-electron chi connectivity index (χ4n) is 4.87. The summed E-state index contributed by atoms with van der Waals surface area (Å²) in [6.45, 7) is 1.97. The zero-order chi connectivity index (χ0) is 29.0. The van der Waals surface area contributed by atoms with Gasteiger partial charge < -0.3 is 26.2 Å². The zero-order valence-corrected chi connectivity index (χ0v) is 22.5. The van der Waals surface area contributed by atoms with Crippen molar-refractivity contribution >= 4 is 42.8 Å². The number of benzene rings is 2. The van der Waals surface area contributed by atoms with Gasteiger partial charge in [-0.25, -0.2) is 9.36 Å². The molecule has 212 valence electrons. The van der Waals surface area contributed by atoms with Crippen LogP contribution < -0.4 is 31.1 Å². The van der Waals surface area contributed by atoms with E-state index < -0.39 is 37.8 Å². The molecule has 0 unspecified atom stereocenters. The van der Waals surface area contributed by atoms with Crippen molar-refractivity contribution in [2.45, 2.75) is 38.3 Å². The molecule has 2 heterocycles. The first-order valence-corrected chi connectivity index (χ1v) is 14.0. The Morgan fingerprint density at radius 2 is 1.77 bits per heavy atom. The maximum absolute atomic E-state index is 13.7. The Labute approximate surface area is 230 Å².